The summed E-state index contributed by atoms with van der Waals surface area (Å²) in [5.41, 5.74) is 6.46. The maximum absolute atomic E-state index is 13.4. The predicted molar refractivity (Wildman–Crippen MR) is 73.1 cm³/mol. The zero-order chi connectivity index (χ0) is 13.7. The Kier molecular flexibility index (Phi) is 4.53. The molecule has 1 fully saturated rings. The van der Waals surface area contributed by atoms with Crippen molar-refractivity contribution in [3.63, 3.8) is 0 Å². The first-order chi connectivity index (χ1) is 9.09. The highest BCUT2D eigenvalue weighted by molar-refractivity contribution is 5.77. The molecule has 0 bridgehead atoms. The van der Waals surface area contributed by atoms with E-state index >= 15 is 0 Å². The van der Waals surface area contributed by atoms with Gasteiger partial charge in [0.2, 0.25) is 5.91 Å². The first-order valence-corrected chi connectivity index (χ1v) is 6.88. The molecule has 1 aromatic carbocycles. The van der Waals surface area contributed by atoms with E-state index in [1.54, 1.807) is 18.2 Å². The van der Waals surface area contributed by atoms with Crippen molar-refractivity contribution >= 4 is 5.91 Å². The number of rotatable bonds is 5. The summed E-state index contributed by atoms with van der Waals surface area (Å²) < 4.78 is 13.4. The molecule has 4 heteroatoms. The van der Waals surface area contributed by atoms with E-state index in [-0.39, 0.29) is 17.3 Å². The Labute approximate surface area is 113 Å². The summed E-state index contributed by atoms with van der Waals surface area (Å²) in [7, 11) is 0. The van der Waals surface area contributed by atoms with Crippen molar-refractivity contribution in [1.82, 2.24) is 5.32 Å². The summed E-state index contributed by atoms with van der Waals surface area (Å²) in [4.78, 5) is 11.8. The van der Waals surface area contributed by atoms with E-state index in [0.29, 0.717) is 24.9 Å². The number of carbonyl (C=O) groups is 1. The Hall–Kier alpha value is -1.42. The van der Waals surface area contributed by atoms with Crippen LogP contribution in [0.2, 0.25) is 0 Å². The van der Waals surface area contributed by atoms with Crippen LogP contribution < -0.4 is 11.1 Å². The van der Waals surface area contributed by atoms with Gasteiger partial charge in [-0.3, -0.25) is 4.79 Å². The molecule has 0 spiro atoms. The number of benzene rings is 1. The van der Waals surface area contributed by atoms with Gasteiger partial charge in [0.05, 0.1) is 0 Å². The second kappa shape index (κ2) is 6.15. The van der Waals surface area contributed by atoms with Crippen molar-refractivity contribution in [1.29, 1.82) is 0 Å². The summed E-state index contributed by atoms with van der Waals surface area (Å²) >= 11 is 0. The molecule has 0 atom stereocenters. The Morgan fingerprint density at radius 2 is 2.00 bits per heavy atom. The fourth-order valence-electron chi connectivity index (χ4n) is 2.68. The minimum atomic E-state index is -0.317. The average Bonchev–Trinajstić information content (AvgIpc) is 2.78. The number of nitrogens with two attached hydrogens (primary N) is 1. The number of halogens is 1. The average molecular weight is 264 g/mol. The van der Waals surface area contributed by atoms with Crippen LogP contribution in [0.5, 0.6) is 0 Å². The van der Waals surface area contributed by atoms with E-state index in [4.69, 9.17) is 5.73 Å². The predicted octanol–water partition coefficient (Wildman–Crippen LogP) is 2.15. The molecular formula is C15H21FN2O. The highest BCUT2D eigenvalue weighted by Crippen LogP contribution is 2.29. The highest BCUT2D eigenvalue weighted by Gasteiger charge is 2.31. The van der Waals surface area contributed by atoms with Crippen LogP contribution in [-0.2, 0) is 11.2 Å². The number of hydrogen-bond acceptors (Lipinski definition) is 2. The molecule has 1 aliphatic rings. The molecule has 1 amide bonds. The quantitative estimate of drug-likeness (QED) is 0.856. The van der Waals surface area contributed by atoms with Crippen LogP contribution in [-0.4, -0.2) is 18.0 Å². The Morgan fingerprint density at radius 1 is 1.32 bits per heavy atom. The summed E-state index contributed by atoms with van der Waals surface area (Å²) in [5, 5.41) is 2.82. The third-order valence-electron chi connectivity index (χ3n) is 3.79. The van der Waals surface area contributed by atoms with Crippen molar-refractivity contribution in [3.8, 4) is 0 Å². The zero-order valence-electron chi connectivity index (χ0n) is 11.1. The summed E-state index contributed by atoms with van der Waals surface area (Å²) in [6, 6.07) is 6.64. The molecule has 3 nitrogen and oxygen atoms in total. The van der Waals surface area contributed by atoms with Gasteiger partial charge >= 0.3 is 0 Å². The Bertz CT molecular complexity index is 442. The Morgan fingerprint density at radius 3 is 2.68 bits per heavy atom. The third-order valence-corrected chi connectivity index (χ3v) is 3.79. The van der Waals surface area contributed by atoms with Crippen LogP contribution in [0.3, 0.4) is 0 Å². The zero-order valence-corrected chi connectivity index (χ0v) is 11.1. The van der Waals surface area contributed by atoms with Crippen LogP contribution >= 0.6 is 0 Å². The second-order valence-corrected chi connectivity index (χ2v) is 5.44. The standard InChI is InChI=1S/C15H21FN2O/c16-13-6-2-1-5-12(13)7-10-18-14(19)11-15(17)8-3-4-9-15/h1-2,5-6H,3-4,7-11,17H2,(H,18,19). The molecule has 1 aliphatic carbocycles. The number of nitrogens with one attached hydrogen (secondary N) is 1. The van der Waals surface area contributed by atoms with Gasteiger partial charge in [-0.15, -0.1) is 0 Å². The topological polar surface area (TPSA) is 55.1 Å². The maximum Gasteiger partial charge on any atom is 0.221 e. The van der Waals surface area contributed by atoms with Gasteiger partial charge < -0.3 is 11.1 Å². The lowest BCUT2D eigenvalue weighted by Gasteiger charge is -2.22. The fourth-order valence-corrected chi connectivity index (χ4v) is 2.68. The molecule has 0 heterocycles. The number of carbonyl (C=O) groups excluding carboxylic acids is 1. The van der Waals surface area contributed by atoms with Crippen molar-refractivity contribution < 1.29 is 9.18 Å². The van der Waals surface area contributed by atoms with Gasteiger partial charge in [-0.1, -0.05) is 31.0 Å². The maximum atomic E-state index is 13.4. The first kappa shape index (κ1) is 14.0. The van der Waals surface area contributed by atoms with Gasteiger partial charge in [0.15, 0.2) is 0 Å². The van der Waals surface area contributed by atoms with Gasteiger partial charge in [-0.2, -0.15) is 0 Å². The smallest absolute Gasteiger partial charge is 0.221 e. The van der Waals surface area contributed by atoms with Gasteiger partial charge in [-0.05, 0) is 30.9 Å². The minimum Gasteiger partial charge on any atom is -0.356 e. The van der Waals surface area contributed by atoms with E-state index in [0.717, 1.165) is 25.7 Å². The normalized spacial score (nSPS) is 17.4. The van der Waals surface area contributed by atoms with Crippen LogP contribution in [0.1, 0.15) is 37.7 Å². The molecule has 3 N–H and O–H groups in total. The fraction of sp³-hybridized carbons (Fsp3) is 0.533. The molecule has 0 saturated heterocycles. The molecular weight excluding hydrogens is 243 g/mol. The van der Waals surface area contributed by atoms with E-state index in [1.807, 2.05) is 0 Å². The molecule has 0 aromatic heterocycles. The van der Waals surface area contributed by atoms with Gasteiger partial charge in [-0.25, -0.2) is 4.39 Å². The highest BCUT2D eigenvalue weighted by atomic mass is 19.1. The van der Waals surface area contributed by atoms with Crippen LogP contribution in [0.25, 0.3) is 0 Å². The molecule has 1 aromatic rings. The monoisotopic (exact) mass is 264 g/mol. The molecule has 19 heavy (non-hydrogen) atoms. The van der Waals surface area contributed by atoms with Crippen molar-refractivity contribution in [2.75, 3.05) is 6.54 Å². The lowest BCUT2D eigenvalue weighted by Crippen LogP contribution is -2.42. The lowest BCUT2D eigenvalue weighted by molar-refractivity contribution is -0.122. The van der Waals surface area contributed by atoms with Crippen LogP contribution in [0.15, 0.2) is 24.3 Å². The van der Waals surface area contributed by atoms with Crippen molar-refractivity contribution in [2.24, 2.45) is 5.73 Å². The van der Waals surface area contributed by atoms with Crippen LogP contribution in [0.4, 0.5) is 4.39 Å². The van der Waals surface area contributed by atoms with E-state index in [1.165, 1.54) is 6.07 Å². The molecule has 0 unspecified atom stereocenters. The summed E-state index contributed by atoms with van der Waals surface area (Å²) in [6.07, 6.45) is 4.96. The Balaban J connectivity index is 1.74. The molecule has 104 valence electrons. The van der Waals surface area contributed by atoms with Crippen molar-refractivity contribution in [2.45, 2.75) is 44.1 Å². The van der Waals surface area contributed by atoms with Gasteiger partial charge in [0.1, 0.15) is 5.82 Å². The summed E-state index contributed by atoms with van der Waals surface area (Å²) in [5.74, 6) is -0.247. The number of hydrogen-bond donors (Lipinski definition) is 2. The molecule has 0 radical (unpaired) electrons. The molecule has 0 aliphatic heterocycles. The van der Waals surface area contributed by atoms with Gasteiger partial charge in [0, 0.05) is 18.5 Å². The second-order valence-electron chi connectivity index (χ2n) is 5.44. The first-order valence-electron chi connectivity index (χ1n) is 6.88. The van der Waals surface area contributed by atoms with E-state index < -0.39 is 0 Å². The SMILES string of the molecule is NC1(CC(=O)NCCc2ccccc2F)CCCC1. The van der Waals surface area contributed by atoms with Crippen molar-refractivity contribution in [3.05, 3.63) is 35.6 Å². The van der Waals surface area contributed by atoms with E-state index in [2.05, 4.69) is 5.32 Å². The minimum absolute atomic E-state index is 0.0271. The van der Waals surface area contributed by atoms with Gasteiger partial charge in [0.25, 0.3) is 0 Å². The number of amides is 1. The van der Waals surface area contributed by atoms with E-state index in [9.17, 15) is 9.18 Å². The third kappa shape index (κ3) is 4.03. The van der Waals surface area contributed by atoms with Crippen LogP contribution in [0, 0.1) is 5.82 Å². The summed E-state index contributed by atoms with van der Waals surface area (Å²) in [6.45, 7) is 0.454. The largest absolute Gasteiger partial charge is 0.356 e. The molecule has 2 rings (SSSR count). The molecule has 1 saturated carbocycles. The lowest BCUT2D eigenvalue weighted by atomic mass is 9.94.